The summed E-state index contributed by atoms with van der Waals surface area (Å²) >= 11 is 0. The van der Waals surface area contributed by atoms with Crippen LogP contribution in [-0.4, -0.2) is 28.5 Å². The molecule has 1 aromatic heterocycles. The average Bonchev–Trinajstić information content (AvgIpc) is 2.38. The van der Waals surface area contributed by atoms with Crippen molar-refractivity contribution < 1.29 is 14.5 Å². The number of hydrogen-bond acceptors (Lipinski definition) is 6. The van der Waals surface area contributed by atoms with Crippen LogP contribution in [0.5, 0.6) is 0 Å². The third-order valence-corrected chi connectivity index (χ3v) is 2.76. The molecule has 0 saturated heterocycles. The van der Waals surface area contributed by atoms with E-state index in [-0.39, 0.29) is 11.5 Å². The number of nitrogens with one attached hydrogen (secondary N) is 1. The van der Waals surface area contributed by atoms with Crippen molar-refractivity contribution in [3.63, 3.8) is 0 Å². The Morgan fingerprint density at radius 1 is 1.63 bits per heavy atom. The number of ether oxygens (including phenoxy) is 1. The van der Waals surface area contributed by atoms with Crippen LogP contribution in [0.3, 0.4) is 0 Å². The van der Waals surface area contributed by atoms with Gasteiger partial charge in [-0.25, -0.2) is 9.78 Å². The van der Waals surface area contributed by atoms with Gasteiger partial charge in [-0.2, -0.15) is 0 Å². The maximum atomic E-state index is 11.8. The Morgan fingerprint density at radius 2 is 2.32 bits per heavy atom. The number of nitrogens with zero attached hydrogens (tertiary/aromatic N) is 2. The fourth-order valence-corrected chi connectivity index (χ4v) is 1.84. The van der Waals surface area contributed by atoms with Gasteiger partial charge in [0.2, 0.25) is 5.82 Å². The fraction of sp³-hybridized carbons (Fsp3) is 0.500. The fourth-order valence-electron chi connectivity index (χ4n) is 1.84. The van der Waals surface area contributed by atoms with E-state index >= 15 is 0 Å². The molecule has 1 rings (SSSR count). The minimum Gasteiger partial charge on any atom is -0.467 e. The third-order valence-electron chi connectivity index (χ3n) is 2.76. The first kappa shape index (κ1) is 14.9. The number of methoxy groups -OCH3 is 1. The van der Waals surface area contributed by atoms with Gasteiger partial charge in [-0.15, -0.1) is 0 Å². The summed E-state index contributed by atoms with van der Waals surface area (Å²) in [6.45, 7) is 3.55. The molecule has 0 aliphatic heterocycles. The molecule has 19 heavy (non-hydrogen) atoms. The highest BCUT2D eigenvalue weighted by atomic mass is 16.6. The molecule has 0 bridgehead atoms. The van der Waals surface area contributed by atoms with E-state index in [9.17, 15) is 14.9 Å². The zero-order valence-corrected chi connectivity index (χ0v) is 11.2. The van der Waals surface area contributed by atoms with Crippen LogP contribution < -0.4 is 5.32 Å². The van der Waals surface area contributed by atoms with E-state index in [0.29, 0.717) is 6.42 Å². The van der Waals surface area contributed by atoms with Gasteiger partial charge >= 0.3 is 11.7 Å². The molecule has 0 aromatic carbocycles. The number of carbonyl (C=O) groups is 1. The number of pyridine rings is 1. The Bertz CT molecular complexity index is 478. The highest BCUT2D eigenvalue weighted by Crippen LogP contribution is 2.26. The summed E-state index contributed by atoms with van der Waals surface area (Å²) in [5.41, 5.74) is -1.21. The van der Waals surface area contributed by atoms with Crippen molar-refractivity contribution in [1.82, 2.24) is 4.98 Å². The SMILES string of the molecule is CCCC(C)(Nc1ncccc1[N+](=O)[O-])C(=O)OC. The zero-order valence-electron chi connectivity index (χ0n) is 11.2. The van der Waals surface area contributed by atoms with Crippen LogP contribution in [0.4, 0.5) is 11.5 Å². The second-order valence-corrected chi connectivity index (χ2v) is 4.33. The molecule has 0 saturated carbocycles. The maximum absolute atomic E-state index is 11.8. The first-order valence-electron chi connectivity index (χ1n) is 5.90. The van der Waals surface area contributed by atoms with Crippen molar-refractivity contribution in [1.29, 1.82) is 0 Å². The Labute approximate surface area is 111 Å². The lowest BCUT2D eigenvalue weighted by molar-refractivity contribution is -0.384. The first-order chi connectivity index (χ1) is 8.94. The van der Waals surface area contributed by atoms with Gasteiger partial charge in [-0.3, -0.25) is 10.1 Å². The molecule has 7 heteroatoms. The molecule has 0 amide bonds. The van der Waals surface area contributed by atoms with E-state index in [1.807, 2.05) is 6.92 Å². The first-order valence-corrected chi connectivity index (χ1v) is 5.90. The van der Waals surface area contributed by atoms with Crippen LogP contribution in [0.15, 0.2) is 18.3 Å². The highest BCUT2D eigenvalue weighted by molar-refractivity contribution is 5.84. The van der Waals surface area contributed by atoms with E-state index < -0.39 is 16.4 Å². The molecule has 0 fully saturated rings. The lowest BCUT2D eigenvalue weighted by Gasteiger charge is -2.27. The summed E-state index contributed by atoms with van der Waals surface area (Å²) in [5, 5.41) is 13.7. The quantitative estimate of drug-likeness (QED) is 0.482. The predicted octanol–water partition coefficient (Wildman–Crippen LogP) is 2.13. The number of rotatable bonds is 6. The van der Waals surface area contributed by atoms with Gasteiger partial charge in [0.1, 0.15) is 5.54 Å². The summed E-state index contributed by atoms with van der Waals surface area (Å²) in [5.74, 6) is -0.414. The Balaban J connectivity index is 3.10. The number of esters is 1. The van der Waals surface area contributed by atoms with Crippen LogP contribution in [0.2, 0.25) is 0 Å². The van der Waals surface area contributed by atoms with Gasteiger partial charge in [-0.1, -0.05) is 13.3 Å². The standard InChI is InChI=1S/C12H17N3O4/c1-4-7-12(2,11(16)19-3)14-10-9(15(17)18)6-5-8-13-10/h5-6,8H,4,7H2,1-3H3,(H,13,14). The number of carbonyl (C=O) groups excluding carboxylic acids is 1. The van der Waals surface area contributed by atoms with Crippen molar-refractivity contribution in [3.8, 4) is 0 Å². The second kappa shape index (κ2) is 6.12. The maximum Gasteiger partial charge on any atom is 0.331 e. The van der Waals surface area contributed by atoms with E-state index in [4.69, 9.17) is 4.74 Å². The Kier molecular flexibility index (Phi) is 4.80. The van der Waals surface area contributed by atoms with E-state index in [1.165, 1.54) is 25.4 Å². The molecule has 1 heterocycles. The largest absolute Gasteiger partial charge is 0.467 e. The third kappa shape index (κ3) is 3.40. The van der Waals surface area contributed by atoms with Crippen LogP contribution in [-0.2, 0) is 9.53 Å². The molecule has 1 aromatic rings. The number of anilines is 1. The second-order valence-electron chi connectivity index (χ2n) is 4.33. The molecule has 7 nitrogen and oxygen atoms in total. The zero-order chi connectivity index (χ0) is 14.5. The van der Waals surface area contributed by atoms with Gasteiger partial charge in [-0.05, 0) is 19.4 Å². The van der Waals surface area contributed by atoms with Gasteiger partial charge in [0.15, 0.2) is 0 Å². The molecule has 1 atom stereocenters. The molecule has 104 valence electrons. The van der Waals surface area contributed by atoms with Gasteiger partial charge in [0.05, 0.1) is 12.0 Å². The summed E-state index contributed by atoms with van der Waals surface area (Å²) < 4.78 is 4.74. The van der Waals surface area contributed by atoms with Crippen LogP contribution in [0, 0.1) is 10.1 Å². The Morgan fingerprint density at radius 3 is 2.84 bits per heavy atom. The molecular formula is C12H17N3O4. The highest BCUT2D eigenvalue weighted by Gasteiger charge is 2.35. The van der Waals surface area contributed by atoms with Crippen LogP contribution in [0.1, 0.15) is 26.7 Å². The van der Waals surface area contributed by atoms with E-state index in [1.54, 1.807) is 6.92 Å². The van der Waals surface area contributed by atoms with Crippen molar-refractivity contribution in [3.05, 3.63) is 28.4 Å². The molecule has 0 aliphatic rings. The molecule has 1 unspecified atom stereocenters. The van der Waals surface area contributed by atoms with Crippen LogP contribution in [0.25, 0.3) is 0 Å². The summed E-state index contributed by atoms with van der Waals surface area (Å²) in [6.07, 6.45) is 2.63. The van der Waals surface area contributed by atoms with Crippen molar-refractivity contribution in [2.75, 3.05) is 12.4 Å². The summed E-state index contributed by atoms with van der Waals surface area (Å²) in [7, 11) is 1.28. The molecule has 1 N–H and O–H groups in total. The lowest BCUT2D eigenvalue weighted by atomic mass is 9.96. The Hall–Kier alpha value is -2.18. The predicted molar refractivity (Wildman–Crippen MR) is 69.8 cm³/mol. The number of hydrogen-bond donors (Lipinski definition) is 1. The average molecular weight is 267 g/mol. The number of nitro groups is 1. The monoisotopic (exact) mass is 267 g/mol. The summed E-state index contributed by atoms with van der Waals surface area (Å²) in [4.78, 5) is 26.1. The normalized spacial score (nSPS) is 13.4. The molecule has 0 radical (unpaired) electrons. The molecule has 0 aliphatic carbocycles. The van der Waals surface area contributed by atoms with Crippen molar-refractivity contribution in [2.24, 2.45) is 0 Å². The van der Waals surface area contributed by atoms with Crippen molar-refractivity contribution >= 4 is 17.5 Å². The van der Waals surface area contributed by atoms with Crippen molar-refractivity contribution in [2.45, 2.75) is 32.2 Å². The van der Waals surface area contributed by atoms with E-state index in [0.717, 1.165) is 6.42 Å². The number of aromatic nitrogens is 1. The van der Waals surface area contributed by atoms with E-state index in [2.05, 4.69) is 10.3 Å². The van der Waals surface area contributed by atoms with Gasteiger partial charge < -0.3 is 10.1 Å². The van der Waals surface area contributed by atoms with Gasteiger partial charge in [0, 0.05) is 12.3 Å². The molecule has 0 spiro atoms. The minimum atomic E-state index is -1.04. The lowest BCUT2D eigenvalue weighted by Crippen LogP contribution is -2.44. The van der Waals surface area contributed by atoms with Gasteiger partial charge in [0.25, 0.3) is 0 Å². The minimum absolute atomic E-state index is 0.0638. The smallest absolute Gasteiger partial charge is 0.331 e. The van der Waals surface area contributed by atoms with Crippen LogP contribution >= 0.6 is 0 Å². The summed E-state index contributed by atoms with van der Waals surface area (Å²) in [6, 6.07) is 2.80. The molecular weight excluding hydrogens is 250 g/mol. The topological polar surface area (TPSA) is 94.4 Å².